The molecule has 3 aromatic carbocycles. The second-order valence-electron chi connectivity index (χ2n) is 7.45. The van der Waals surface area contributed by atoms with Gasteiger partial charge in [0, 0.05) is 10.7 Å². The lowest BCUT2D eigenvalue weighted by atomic mass is 10.1. The van der Waals surface area contributed by atoms with E-state index in [0.29, 0.717) is 11.3 Å². The molecule has 0 aromatic heterocycles. The van der Waals surface area contributed by atoms with Gasteiger partial charge < -0.3 is 14.8 Å². The molecule has 1 atom stereocenters. The average Bonchev–Trinajstić information content (AvgIpc) is 2.84. The van der Waals surface area contributed by atoms with Crippen LogP contribution in [0.1, 0.15) is 22.8 Å². The van der Waals surface area contributed by atoms with E-state index in [-0.39, 0.29) is 28.7 Å². The minimum Gasteiger partial charge on any atom is -0.495 e. The van der Waals surface area contributed by atoms with Gasteiger partial charge in [-0.05, 0) is 61.4 Å². The van der Waals surface area contributed by atoms with Crippen LogP contribution in [0.5, 0.6) is 5.75 Å². The maximum Gasteiger partial charge on any atom is 0.338 e. The zero-order valence-corrected chi connectivity index (χ0v) is 20.7. The molecule has 0 radical (unpaired) electrons. The standard InChI is InChI=1S/C25H25ClN2O6S/c1-3-34-25(30)18-9-12-20(13-10-18)27-24(29)21(15-17-7-5-4-6-8-17)28-35(31,32)23-16-19(26)11-14-22(23)33-2/h4-14,16,21,28H,3,15H2,1-2H3,(H,27,29)/t21-/m1/s1. The van der Waals surface area contributed by atoms with Crippen molar-refractivity contribution >= 4 is 39.2 Å². The van der Waals surface area contributed by atoms with Gasteiger partial charge in [-0.25, -0.2) is 13.2 Å². The van der Waals surface area contributed by atoms with Crippen molar-refractivity contribution in [2.75, 3.05) is 19.0 Å². The first-order valence-corrected chi connectivity index (χ1v) is 12.6. The fourth-order valence-corrected chi connectivity index (χ4v) is 4.91. The molecule has 0 aliphatic carbocycles. The summed E-state index contributed by atoms with van der Waals surface area (Å²) in [5, 5.41) is 2.90. The van der Waals surface area contributed by atoms with Gasteiger partial charge in [0.05, 0.1) is 19.3 Å². The highest BCUT2D eigenvalue weighted by Gasteiger charge is 2.28. The summed E-state index contributed by atoms with van der Waals surface area (Å²) in [6.07, 6.45) is 0.0930. The number of esters is 1. The number of carbonyl (C=O) groups is 2. The first-order chi connectivity index (χ1) is 16.7. The molecule has 184 valence electrons. The Hall–Kier alpha value is -3.40. The maximum absolute atomic E-state index is 13.2. The predicted molar refractivity (Wildman–Crippen MR) is 133 cm³/mol. The van der Waals surface area contributed by atoms with Gasteiger partial charge in [0.1, 0.15) is 16.7 Å². The zero-order chi connectivity index (χ0) is 25.4. The summed E-state index contributed by atoms with van der Waals surface area (Å²) in [4.78, 5) is 24.8. The molecule has 2 N–H and O–H groups in total. The molecule has 0 bridgehead atoms. The summed E-state index contributed by atoms with van der Waals surface area (Å²) in [7, 11) is -2.84. The number of hydrogen-bond acceptors (Lipinski definition) is 6. The summed E-state index contributed by atoms with van der Waals surface area (Å²) in [6, 6.07) is 18.2. The van der Waals surface area contributed by atoms with Crippen LogP contribution < -0.4 is 14.8 Å². The molecule has 3 rings (SSSR count). The lowest BCUT2D eigenvalue weighted by molar-refractivity contribution is -0.117. The molecule has 35 heavy (non-hydrogen) atoms. The van der Waals surface area contributed by atoms with Gasteiger partial charge in [0.2, 0.25) is 15.9 Å². The summed E-state index contributed by atoms with van der Waals surface area (Å²) in [5.41, 5.74) is 1.48. The Kier molecular flexibility index (Phi) is 8.86. The van der Waals surface area contributed by atoms with Crippen molar-refractivity contribution in [3.63, 3.8) is 0 Å². The molecule has 1 amide bonds. The second kappa shape index (κ2) is 11.8. The average molecular weight is 517 g/mol. The number of benzene rings is 3. The summed E-state index contributed by atoms with van der Waals surface area (Å²) < 4.78 is 39.0. The first-order valence-electron chi connectivity index (χ1n) is 10.7. The number of halogens is 1. The summed E-state index contributed by atoms with van der Waals surface area (Å²) >= 11 is 6.01. The van der Waals surface area contributed by atoms with Crippen LogP contribution in [0.3, 0.4) is 0 Å². The SMILES string of the molecule is CCOC(=O)c1ccc(NC(=O)[C@@H](Cc2ccccc2)NS(=O)(=O)c2cc(Cl)ccc2OC)cc1. The van der Waals surface area contributed by atoms with E-state index in [0.717, 1.165) is 5.56 Å². The maximum atomic E-state index is 13.2. The third-order valence-corrected chi connectivity index (χ3v) is 6.70. The number of carbonyl (C=O) groups excluding carboxylic acids is 2. The second-order valence-corrected chi connectivity index (χ2v) is 9.56. The third kappa shape index (κ3) is 7.05. The van der Waals surface area contributed by atoms with Crippen LogP contribution >= 0.6 is 11.6 Å². The molecule has 0 heterocycles. The minimum absolute atomic E-state index is 0.0929. The molecule has 0 aliphatic rings. The lowest BCUT2D eigenvalue weighted by Gasteiger charge is -2.20. The number of ether oxygens (including phenoxy) is 2. The molecule has 0 unspecified atom stereocenters. The highest BCUT2D eigenvalue weighted by molar-refractivity contribution is 7.89. The van der Waals surface area contributed by atoms with Gasteiger partial charge >= 0.3 is 5.97 Å². The Balaban J connectivity index is 1.86. The predicted octanol–water partition coefficient (Wildman–Crippen LogP) is 4.05. The molecule has 0 saturated heterocycles. The van der Waals surface area contributed by atoms with E-state index < -0.39 is 27.9 Å². The Labute approximate surface area is 209 Å². The number of hydrogen-bond donors (Lipinski definition) is 2. The summed E-state index contributed by atoms with van der Waals surface area (Å²) in [6.45, 7) is 1.95. The van der Waals surface area contributed by atoms with Gasteiger partial charge in [-0.3, -0.25) is 4.79 Å². The Bertz CT molecular complexity index is 1280. The van der Waals surface area contributed by atoms with Crippen LogP contribution in [0.2, 0.25) is 5.02 Å². The fourth-order valence-electron chi connectivity index (χ4n) is 3.28. The zero-order valence-electron chi connectivity index (χ0n) is 19.2. The van der Waals surface area contributed by atoms with Crippen molar-refractivity contribution in [3.05, 3.63) is 88.9 Å². The lowest BCUT2D eigenvalue weighted by Crippen LogP contribution is -2.45. The molecule has 10 heteroatoms. The van der Waals surface area contributed by atoms with Crippen molar-refractivity contribution < 1.29 is 27.5 Å². The smallest absolute Gasteiger partial charge is 0.338 e. The van der Waals surface area contributed by atoms with E-state index >= 15 is 0 Å². The molecule has 8 nitrogen and oxygen atoms in total. The number of sulfonamides is 1. The van der Waals surface area contributed by atoms with Crippen LogP contribution in [0, 0.1) is 0 Å². The van der Waals surface area contributed by atoms with Crippen molar-refractivity contribution in [3.8, 4) is 5.75 Å². The largest absolute Gasteiger partial charge is 0.495 e. The van der Waals surface area contributed by atoms with Crippen molar-refractivity contribution in [2.24, 2.45) is 0 Å². The summed E-state index contributed by atoms with van der Waals surface area (Å²) in [5.74, 6) is -0.965. The van der Waals surface area contributed by atoms with Crippen molar-refractivity contribution in [2.45, 2.75) is 24.3 Å². The van der Waals surface area contributed by atoms with Crippen molar-refractivity contribution in [1.82, 2.24) is 4.72 Å². The normalized spacial score (nSPS) is 12.0. The third-order valence-electron chi connectivity index (χ3n) is 4.98. The molecule has 3 aromatic rings. The monoisotopic (exact) mass is 516 g/mol. The van der Waals surface area contributed by atoms with Crippen LogP contribution in [0.4, 0.5) is 5.69 Å². The number of methoxy groups -OCH3 is 1. The Morgan fingerprint density at radius 2 is 1.69 bits per heavy atom. The quantitative estimate of drug-likeness (QED) is 0.393. The van der Waals surface area contributed by atoms with Gasteiger partial charge in [0.25, 0.3) is 0 Å². The van der Waals surface area contributed by atoms with E-state index in [2.05, 4.69) is 10.0 Å². The Morgan fingerprint density at radius 1 is 1.00 bits per heavy atom. The van der Waals surface area contributed by atoms with E-state index in [1.807, 2.05) is 6.07 Å². The van der Waals surface area contributed by atoms with Gasteiger partial charge in [-0.1, -0.05) is 41.9 Å². The molecular formula is C25H25ClN2O6S. The number of rotatable bonds is 10. The molecule has 0 saturated carbocycles. The first kappa shape index (κ1) is 26.2. The molecular weight excluding hydrogens is 492 g/mol. The number of amides is 1. The molecule has 0 fully saturated rings. The molecule has 0 spiro atoms. The number of anilines is 1. The minimum atomic E-state index is -4.19. The van der Waals surface area contributed by atoms with Gasteiger partial charge in [-0.2, -0.15) is 4.72 Å². The van der Waals surface area contributed by atoms with E-state index in [9.17, 15) is 18.0 Å². The van der Waals surface area contributed by atoms with E-state index in [1.54, 1.807) is 31.2 Å². The van der Waals surface area contributed by atoms with Crippen LogP contribution in [-0.4, -0.2) is 40.1 Å². The Morgan fingerprint density at radius 3 is 2.31 bits per heavy atom. The van der Waals surface area contributed by atoms with Gasteiger partial charge in [-0.15, -0.1) is 0 Å². The van der Waals surface area contributed by atoms with Crippen LogP contribution in [0.15, 0.2) is 77.7 Å². The number of nitrogens with one attached hydrogen (secondary N) is 2. The van der Waals surface area contributed by atoms with E-state index in [1.165, 1.54) is 49.6 Å². The van der Waals surface area contributed by atoms with Gasteiger partial charge in [0.15, 0.2) is 0 Å². The highest BCUT2D eigenvalue weighted by atomic mass is 35.5. The molecule has 0 aliphatic heterocycles. The fraction of sp³-hybridized carbons (Fsp3) is 0.200. The van der Waals surface area contributed by atoms with Crippen LogP contribution in [-0.2, 0) is 26.0 Å². The van der Waals surface area contributed by atoms with Crippen molar-refractivity contribution in [1.29, 1.82) is 0 Å². The highest BCUT2D eigenvalue weighted by Crippen LogP contribution is 2.27. The van der Waals surface area contributed by atoms with Crippen LogP contribution in [0.25, 0.3) is 0 Å². The van der Waals surface area contributed by atoms with E-state index in [4.69, 9.17) is 21.1 Å². The topological polar surface area (TPSA) is 111 Å².